The topological polar surface area (TPSA) is 38.2 Å². The molecule has 1 fully saturated rings. The Labute approximate surface area is 103 Å². The minimum atomic E-state index is 0.624. The molecule has 1 saturated heterocycles. The van der Waals surface area contributed by atoms with E-state index >= 15 is 0 Å². The van der Waals surface area contributed by atoms with Crippen LogP contribution in [-0.2, 0) is 11.2 Å². The van der Waals surface area contributed by atoms with Crippen molar-refractivity contribution in [2.75, 3.05) is 31.7 Å². The van der Waals surface area contributed by atoms with Gasteiger partial charge in [-0.3, -0.25) is 0 Å². The number of nitrogens with zero attached hydrogens (tertiary/aromatic N) is 3. The number of aromatic nitrogens is 2. The standard InChI is InChI=1S/C13H21N3O/c1-3-4-11-7-14-13(15-8-11)16(2)9-12-5-6-17-10-12/h7-8,12H,3-6,9-10H2,1-2H3/t12-/m1/s1. The van der Waals surface area contributed by atoms with Crippen LogP contribution in [0, 0.1) is 5.92 Å². The normalized spacial score (nSPS) is 19.5. The highest BCUT2D eigenvalue weighted by Gasteiger charge is 2.18. The zero-order chi connectivity index (χ0) is 12.1. The van der Waals surface area contributed by atoms with Crippen molar-refractivity contribution in [1.29, 1.82) is 0 Å². The molecule has 0 unspecified atom stereocenters. The van der Waals surface area contributed by atoms with E-state index in [0.717, 1.165) is 45.0 Å². The number of anilines is 1. The van der Waals surface area contributed by atoms with E-state index in [2.05, 4.69) is 21.8 Å². The van der Waals surface area contributed by atoms with E-state index in [1.54, 1.807) is 0 Å². The number of hydrogen-bond donors (Lipinski definition) is 0. The predicted molar refractivity (Wildman–Crippen MR) is 68.2 cm³/mol. The SMILES string of the molecule is CCCc1cnc(N(C)C[C@H]2CCOC2)nc1. The molecule has 0 aliphatic carbocycles. The lowest BCUT2D eigenvalue weighted by Crippen LogP contribution is -2.27. The molecule has 1 aromatic heterocycles. The van der Waals surface area contributed by atoms with E-state index in [4.69, 9.17) is 4.74 Å². The Hall–Kier alpha value is -1.16. The van der Waals surface area contributed by atoms with Crippen molar-refractivity contribution in [3.63, 3.8) is 0 Å². The van der Waals surface area contributed by atoms with Gasteiger partial charge in [-0.1, -0.05) is 13.3 Å². The molecule has 94 valence electrons. The lowest BCUT2D eigenvalue weighted by atomic mass is 10.1. The quantitative estimate of drug-likeness (QED) is 0.781. The monoisotopic (exact) mass is 235 g/mol. The Morgan fingerprint density at radius 2 is 2.18 bits per heavy atom. The van der Waals surface area contributed by atoms with E-state index in [0.29, 0.717) is 5.92 Å². The third-order valence-electron chi connectivity index (χ3n) is 3.13. The van der Waals surface area contributed by atoms with Gasteiger partial charge in [0.25, 0.3) is 0 Å². The average Bonchev–Trinajstić information content (AvgIpc) is 2.83. The van der Waals surface area contributed by atoms with Crippen molar-refractivity contribution < 1.29 is 4.74 Å². The van der Waals surface area contributed by atoms with Gasteiger partial charge >= 0.3 is 0 Å². The fourth-order valence-corrected chi connectivity index (χ4v) is 2.16. The smallest absolute Gasteiger partial charge is 0.225 e. The fraction of sp³-hybridized carbons (Fsp3) is 0.692. The van der Waals surface area contributed by atoms with E-state index in [1.165, 1.54) is 5.56 Å². The number of rotatable bonds is 5. The van der Waals surface area contributed by atoms with Crippen molar-refractivity contribution in [2.45, 2.75) is 26.2 Å². The second-order valence-electron chi connectivity index (χ2n) is 4.75. The van der Waals surface area contributed by atoms with Crippen LogP contribution in [0.25, 0.3) is 0 Å². The highest BCUT2D eigenvalue weighted by molar-refractivity contribution is 5.28. The maximum atomic E-state index is 5.38. The van der Waals surface area contributed by atoms with Gasteiger partial charge in [-0.15, -0.1) is 0 Å². The molecule has 0 radical (unpaired) electrons. The maximum absolute atomic E-state index is 5.38. The molecule has 0 spiro atoms. The lowest BCUT2D eigenvalue weighted by molar-refractivity contribution is 0.186. The summed E-state index contributed by atoms with van der Waals surface area (Å²) in [5.41, 5.74) is 1.22. The first kappa shape index (κ1) is 12.3. The molecule has 2 rings (SSSR count). The summed E-state index contributed by atoms with van der Waals surface area (Å²) in [6, 6.07) is 0. The summed E-state index contributed by atoms with van der Waals surface area (Å²) in [5.74, 6) is 1.44. The van der Waals surface area contributed by atoms with Gasteiger partial charge in [0.15, 0.2) is 0 Å². The first-order chi connectivity index (χ1) is 8.29. The molecule has 1 aliphatic heterocycles. The van der Waals surface area contributed by atoms with Gasteiger partial charge < -0.3 is 9.64 Å². The Kier molecular flexibility index (Phi) is 4.31. The van der Waals surface area contributed by atoms with Gasteiger partial charge in [-0.05, 0) is 18.4 Å². The Morgan fingerprint density at radius 1 is 1.41 bits per heavy atom. The minimum Gasteiger partial charge on any atom is -0.381 e. The van der Waals surface area contributed by atoms with Crippen LogP contribution in [0.5, 0.6) is 0 Å². The highest BCUT2D eigenvalue weighted by atomic mass is 16.5. The summed E-state index contributed by atoms with van der Waals surface area (Å²) >= 11 is 0. The molecule has 0 N–H and O–H groups in total. The van der Waals surface area contributed by atoms with Crippen molar-refractivity contribution in [3.05, 3.63) is 18.0 Å². The van der Waals surface area contributed by atoms with Crippen molar-refractivity contribution in [3.8, 4) is 0 Å². The second-order valence-corrected chi connectivity index (χ2v) is 4.75. The van der Waals surface area contributed by atoms with E-state index in [-0.39, 0.29) is 0 Å². The van der Waals surface area contributed by atoms with Crippen LogP contribution < -0.4 is 4.90 Å². The third-order valence-corrected chi connectivity index (χ3v) is 3.13. The number of aryl methyl sites for hydroxylation is 1. The average molecular weight is 235 g/mol. The first-order valence-corrected chi connectivity index (χ1v) is 6.39. The van der Waals surface area contributed by atoms with Crippen LogP contribution in [0.4, 0.5) is 5.95 Å². The lowest BCUT2D eigenvalue weighted by Gasteiger charge is -2.20. The van der Waals surface area contributed by atoms with Gasteiger partial charge in [-0.2, -0.15) is 0 Å². The summed E-state index contributed by atoms with van der Waals surface area (Å²) in [4.78, 5) is 10.9. The van der Waals surface area contributed by atoms with Gasteiger partial charge in [0.2, 0.25) is 5.95 Å². The van der Waals surface area contributed by atoms with Crippen LogP contribution in [0.2, 0.25) is 0 Å². The summed E-state index contributed by atoms with van der Waals surface area (Å²) in [5, 5.41) is 0. The zero-order valence-electron chi connectivity index (χ0n) is 10.7. The van der Waals surface area contributed by atoms with E-state index < -0.39 is 0 Å². The van der Waals surface area contributed by atoms with Crippen LogP contribution in [0.15, 0.2) is 12.4 Å². The van der Waals surface area contributed by atoms with Crippen LogP contribution in [0.1, 0.15) is 25.3 Å². The number of hydrogen-bond acceptors (Lipinski definition) is 4. The van der Waals surface area contributed by atoms with Crippen molar-refractivity contribution in [2.24, 2.45) is 5.92 Å². The molecule has 0 amide bonds. The maximum Gasteiger partial charge on any atom is 0.225 e. The molecule has 1 atom stereocenters. The van der Waals surface area contributed by atoms with E-state index in [1.807, 2.05) is 19.4 Å². The van der Waals surface area contributed by atoms with Gasteiger partial charge in [0.1, 0.15) is 0 Å². The Morgan fingerprint density at radius 3 is 2.76 bits per heavy atom. The summed E-state index contributed by atoms with van der Waals surface area (Å²) in [7, 11) is 2.05. The summed E-state index contributed by atoms with van der Waals surface area (Å²) in [6.07, 6.45) is 7.22. The van der Waals surface area contributed by atoms with Crippen LogP contribution >= 0.6 is 0 Å². The highest BCUT2D eigenvalue weighted by Crippen LogP contribution is 2.15. The van der Waals surface area contributed by atoms with E-state index in [9.17, 15) is 0 Å². The fourth-order valence-electron chi connectivity index (χ4n) is 2.16. The van der Waals surface area contributed by atoms with Crippen LogP contribution in [0.3, 0.4) is 0 Å². The third kappa shape index (κ3) is 3.40. The van der Waals surface area contributed by atoms with Gasteiger partial charge in [-0.25, -0.2) is 9.97 Å². The molecule has 0 bridgehead atoms. The largest absolute Gasteiger partial charge is 0.381 e. The van der Waals surface area contributed by atoms with Crippen molar-refractivity contribution in [1.82, 2.24) is 9.97 Å². The molecular formula is C13H21N3O. The molecular weight excluding hydrogens is 214 g/mol. The molecule has 17 heavy (non-hydrogen) atoms. The van der Waals surface area contributed by atoms with Gasteiger partial charge in [0, 0.05) is 38.5 Å². The second kappa shape index (κ2) is 5.96. The molecule has 4 nitrogen and oxygen atoms in total. The molecule has 1 aromatic rings. The molecule has 4 heteroatoms. The van der Waals surface area contributed by atoms with Crippen LogP contribution in [-0.4, -0.2) is 36.8 Å². The Bertz CT molecular complexity index is 333. The number of ether oxygens (including phenoxy) is 1. The predicted octanol–water partition coefficient (Wildman–Crippen LogP) is 1.90. The molecule has 1 aliphatic rings. The molecule has 2 heterocycles. The Balaban J connectivity index is 1.91. The minimum absolute atomic E-state index is 0.624. The molecule has 0 aromatic carbocycles. The van der Waals surface area contributed by atoms with Crippen molar-refractivity contribution >= 4 is 5.95 Å². The summed E-state index contributed by atoms with van der Waals surface area (Å²) < 4.78 is 5.38. The summed E-state index contributed by atoms with van der Waals surface area (Å²) in [6.45, 7) is 4.92. The zero-order valence-corrected chi connectivity index (χ0v) is 10.7. The van der Waals surface area contributed by atoms with Gasteiger partial charge in [0.05, 0.1) is 6.61 Å². The molecule has 0 saturated carbocycles. The first-order valence-electron chi connectivity index (χ1n) is 6.39.